The monoisotopic (exact) mass is 250 g/mol. The first-order valence-corrected chi connectivity index (χ1v) is 6.31. The van der Waals surface area contributed by atoms with Gasteiger partial charge in [-0.15, -0.1) is 0 Å². The second-order valence-corrected chi connectivity index (χ2v) is 4.24. The predicted molar refractivity (Wildman–Crippen MR) is 72.5 cm³/mol. The van der Waals surface area contributed by atoms with Crippen LogP contribution in [-0.2, 0) is 0 Å². The van der Waals surface area contributed by atoms with Crippen molar-refractivity contribution in [1.82, 2.24) is 5.32 Å². The van der Waals surface area contributed by atoms with Crippen molar-refractivity contribution < 1.29 is 14.8 Å². The van der Waals surface area contributed by atoms with E-state index in [9.17, 15) is 10.0 Å². The van der Waals surface area contributed by atoms with Crippen molar-refractivity contribution in [2.75, 3.05) is 37.7 Å². The number of para-hydroxylation sites is 1. The Labute approximate surface area is 108 Å². The third-order valence-electron chi connectivity index (χ3n) is 3.05. The average molecular weight is 250 g/mol. The molecule has 98 valence electrons. The van der Waals surface area contributed by atoms with Crippen LogP contribution in [0.4, 0.5) is 5.69 Å². The molecule has 0 spiro atoms. The molecule has 5 nitrogen and oxygen atoms in total. The van der Waals surface area contributed by atoms with Gasteiger partial charge in [0.25, 0.3) is 0 Å². The molecule has 1 aliphatic heterocycles. The van der Waals surface area contributed by atoms with Crippen molar-refractivity contribution in [1.29, 1.82) is 0 Å². The highest BCUT2D eigenvalue weighted by atomic mass is 16.5. The van der Waals surface area contributed by atoms with Crippen molar-refractivity contribution in [3.05, 3.63) is 18.2 Å². The Kier molecular flexibility index (Phi) is 4.46. The molecule has 3 N–H and O–H groups in total. The van der Waals surface area contributed by atoms with Gasteiger partial charge < -0.3 is 25.0 Å². The summed E-state index contributed by atoms with van der Waals surface area (Å²) in [6.45, 7) is 6.04. The molecule has 18 heavy (non-hydrogen) atoms. The van der Waals surface area contributed by atoms with Crippen LogP contribution < -0.4 is 20.4 Å². The fourth-order valence-electron chi connectivity index (χ4n) is 2.20. The van der Waals surface area contributed by atoms with Crippen LogP contribution in [0.3, 0.4) is 0 Å². The van der Waals surface area contributed by atoms with Crippen LogP contribution in [0.2, 0.25) is 0 Å². The van der Waals surface area contributed by atoms with Gasteiger partial charge in [0.1, 0.15) is 5.75 Å². The molecule has 0 saturated carbocycles. The normalized spacial score (nSPS) is 15.6. The third-order valence-corrected chi connectivity index (χ3v) is 3.05. The highest BCUT2D eigenvalue weighted by Crippen LogP contribution is 2.26. The third kappa shape index (κ3) is 2.77. The Balaban J connectivity index is 2.35. The molecule has 0 bridgehead atoms. The predicted octanol–water partition coefficient (Wildman–Crippen LogP) is -0.825. The van der Waals surface area contributed by atoms with E-state index in [-0.39, 0.29) is 0 Å². The van der Waals surface area contributed by atoms with Crippen LogP contribution in [0.1, 0.15) is 6.92 Å². The zero-order valence-corrected chi connectivity index (χ0v) is 10.6. The van der Waals surface area contributed by atoms with E-state index in [0.717, 1.165) is 31.9 Å². The summed E-state index contributed by atoms with van der Waals surface area (Å²) < 4.78 is 5.60. The standard InChI is InChI=1S/C12H19BN2O3/c1-2-18-12-10(13(16)17)4-3-5-11(12)15-8-6-14-7-9-15/h3-5,14,16-17H,2,6-9H2,1H3. The molecule has 6 heteroatoms. The summed E-state index contributed by atoms with van der Waals surface area (Å²) in [5.41, 5.74) is 1.36. The zero-order valence-electron chi connectivity index (χ0n) is 10.6. The fraction of sp³-hybridized carbons (Fsp3) is 0.500. The second-order valence-electron chi connectivity index (χ2n) is 4.24. The molecule has 1 heterocycles. The van der Waals surface area contributed by atoms with E-state index in [1.54, 1.807) is 6.07 Å². The first-order valence-electron chi connectivity index (χ1n) is 6.31. The van der Waals surface area contributed by atoms with E-state index in [2.05, 4.69) is 10.2 Å². The number of hydrogen-bond donors (Lipinski definition) is 3. The minimum absolute atomic E-state index is 0.424. The molecular formula is C12H19BN2O3. The Hall–Kier alpha value is -1.24. The summed E-state index contributed by atoms with van der Waals surface area (Å²) in [5, 5.41) is 22.1. The van der Waals surface area contributed by atoms with Crippen LogP contribution >= 0.6 is 0 Å². The molecule has 0 atom stereocenters. The van der Waals surface area contributed by atoms with Gasteiger partial charge in [0.2, 0.25) is 0 Å². The van der Waals surface area contributed by atoms with E-state index in [1.807, 2.05) is 19.1 Å². The van der Waals surface area contributed by atoms with E-state index in [1.165, 1.54) is 0 Å². The topological polar surface area (TPSA) is 65.0 Å². The van der Waals surface area contributed by atoms with Gasteiger partial charge in [-0.25, -0.2) is 0 Å². The molecule has 2 rings (SSSR count). The van der Waals surface area contributed by atoms with Gasteiger partial charge in [0, 0.05) is 31.6 Å². The Morgan fingerprint density at radius 2 is 2.06 bits per heavy atom. The lowest BCUT2D eigenvalue weighted by Crippen LogP contribution is -2.44. The molecule has 0 amide bonds. The Bertz CT molecular complexity index is 395. The van der Waals surface area contributed by atoms with Crippen molar-refractivity contribution in [2.45, 2.75) is 6.92 Å². The van der Waals surface area contributed by atoms with Crippen molar-refractivity contribution in [3.63, 3.8) is 0 Å². The molecule has 0 aromatic heterocycles. The highest BCUT2D eigenvalue weighted by Gasteiger charge is 2.23. The summed E-state index contributed by atoms with van der Waals surface area (Å²) in [5.74, 6) is 0.580. The maximum absolute atomic E-state index is 9.40. The second kappa shape index (κ2) is 6.09. The quantitative estimate of drug-likeness (QED) is 0.609. The number of piperazine rings is 1. The van der Waals surface area contributed by atoms with E-state index >= 15 is 0 Å². The lowest BCUT2D eigenvalue weighted by Gasteiger charge is -2.31. The molecule has 0 unspecified atom stereocenters. The first-order chi connectivity index (χ1) is 8.74. The van der Waals surface area contributed by atoms with Crippen LogP contribution in [0, 0.1) is 0 Å². The zero-order chi connectivity index (χ0) is 13.0. The number of hydrogen-bond acceptors (Lipinski definition) is 5. The summed E-state index contributed by atoms with van der Waals surface area (Å²) in [4.78, 5) is 2.20. The maximum atomic E-state index is 9.40. The van der Waals surface area contributed by atoms with E-state index < -0.39 is 7.12 Å². The average Bonchev–Trinajstić information content (AvgIpc) is 2.40. The minimum Gasteiger partial charge on any atom is -0.492 e. The Morgan fingerprint density at radius 1 is 1.33 bits per heavy atom. The smallest absolute Gasteiger partial charge is 0.492 e. The molecule has 1 aromatic carbocycles. The van der Waals surface area contributed by atoms with Crippen molar-refractivity contribution in [3.8, 4) is 5.75 Å². The van der Waals surface area contributed by atoms with Crippen LogP contribution in [0.15, 0.2) is 18.2 Å². The molecule has 1 aromatic rings. The number of ether oxygens (including phenoxy) is 1. The lowest BCUT2D eigenvalue weighted by molar-refractivity contribution is 0.339. The Morgan fingerprint density at radius 3 is 2.67 bits per heavy atom. The summed E-state index contributed by atoms with van der Waals surface area (Å²) in [6, 6.07) is 5.47. The van der Waals surface area contributed by atoms with Gasteiger partial charge in [0.15, 0.2) is 0 Å². The fourth-order valence-corrected chi connectivity index (χ4v) is 2.20. The number of rotatable bonds is 4. The van der Waals surface area contributed by atoms with Crippen LogP contribution in [-0.4, -0.2) is 50.0 Å². The molecular weight excluding hydrogens is 231 g/mol. The van der Waals surface area contributed by atoms with Gasteiger partial charge in [-0.05, 0) is 13.0 Å². The lowest BCUT2D eigenvalue weighted by atomic mass is 9.79. The number of nitrogens with one attached hydrogen (secondary N) is 1. The summed E-state index contributed by atoms with van der Waals surface area (Å²) in [6.07, 6.45) is 0. The molecule has 1 fully saturated rings. The van der Waals surface area contributed by atoms with Crippen molar-refractivity contribution in [2.24, 2.45) is 0 Å². The summed E-state index contributed by atoms with van der Waals surface area (Å²) >= 11 is 0. The molecule has 0 aliphatic carbocycles. The number of nitrogens with zero attached hydrogens (tertiary/aromatic N) is 1. The number of anilines is 1. The first kappa shape index (κ1) is 13.2. The van der Waals surface area contributed by atoms with E-state index in [0.29, 0.717) is 17.8 Å². The molecule has 1 saturated heterocycles. The van der Waals surface area contributed by atoms with Gasteiger partial charge in [0.05, 0.1) is 12.3 Å². The van der Waals surface area contributed by atoms with Gasteiger partial charge >= 0.3 is 7.12 Å². The van der Waals surface area contributed by atoms with Crippen molar-refractivity contribution >= 4 is 18.3 Å². The molecule has 0 radical (unpaired) electrons. The largest absolute Gasteiger partial charge is 0.492 e. The van der Waals surface area contributed by atoms with Gasteiger partial charge in [-0.1, -0.05) is 12.1 Å². The van der Waals surface area contributed by atoms with Crippen LogP contribution in [0.25, 0.3) is 0 Å². The molecule has 1 aliphatic rings. The maximum Gasteiger partial charge on any atom is 0.492 e. The van der Waals surface area contributed by atoms with E-state index in [4.69, 9.17) is 4.74 Å². The minimum atomic E-state index is -1.51. The SMILES string of the molecule is CCOc1c(B(O)O)cccc1N1CCNCC1. The van der Waals surface area contributed by atoms with Gasteiger partial charge in [-0.3, -0.25) is 0 Å². The highest BCUT2D eigenvalue weighted by molar-refractivity contribution is 6.60. The number of benzene rings is 1. The van der Waals surface area contributed by atoms with Gasteiger partial charge in [-0.2, -0.15) is 0 Å². The summed E-state index contributed by atoms with van der Waals surface area (Å²) in [7, 11) is -1.51. The van der Waals surface area contributed by atoms with Crippen LogP contribution in [0.5, 0.6) is 5.75 Å².